The first-order valence-electron chi connectivity index (χ1n) is 5.57. The minimum atomic E-state index is 0.251. The summed E-state index contributed by atoms with van der Waals surface area (Å²) in [6.07, 6.45) is 3.45. The third-order valence-electron chi connectivity index (χ3n) is 2.76. The van der Waals surface area contributed by atoms with Gasteiger partial charge in [-0.3, -0.25) is 4.79 Å². The number of aromatic nitrogens is 1. The highest BCUT2D eigenvalue weighted by atomic mass is 16.2. The summed E-state index contributed by atoms with van der Waals surface area (Å²) in [6.45, 7) is 5.65. The van der Waals surface area contributed by atoms with Crippen LogP contribution >= 0.6 is 0 Å². The van der Waals surface area contributed by atoms with Crippen LogP contribution in [0.5, 0.6) is 0 Å². The minimum Gasteiger partial charge on any atom is -0.354 e. The van der Waals surface area contributed by atoms with E-state index in [0.29, 0.717) is 6.42 Å². The van der Waals surface area contributed by atoms with Gasteiger partial charge in [0.1, 0.15) is 0 Å². The molecule has 0 bridgehead atoms. The second-order valence-corrected chi connectivity index (χ2v) is 3.68. The molecule has 0 aliphatic heterocycles. The summed E-state index contributed by atoms with van der Waals surface area (Å²) < 4.78 is 2.06. The Labute approximate surface area is 91.7 Å². The molecule has 0 aromatic carbocycles. The van der Waals surface area contributed by atoms with Crippen molar-refractivity contribution in [3.05, 3.63) is 24.0 Å². The Kier molecular flexibility index (Phi) is 4.40. The molecule has 1 amide bonds. The second-order valence-electron chi connectivity index (χ2n) is 3.68. The Balaban J connectivity index is 2.43. The van der Waals surface area contributed by atoms with E-state index in [-0.39, 0.29) is 5.91 Å². The molecule has 0 spiro atoms. The Morgan fingerprint density at radius 1 is 1.40 bits per heavy atom. The average Bonchev–Trinajstić information content (AvgIpc) is 2.63. The van der Waals surface area contributed by atoms with Crippen LogP contribution in [0, 0.1) is 0 Å². The van der Waals surface area contributed by atoms with Crippen LogP contribution in [0.2, 0.25) is 0 Å². The van der Waals surface area contributed by atoms with E-state index < -0.39 is 0 Å². The molecule has 0 aliphatic rings. The molecule has 0 radical (unpaired) electrons. The van der Waals surface area contributed by atoms with Gasteiger partial charge in [-0.1, -0.05) is 0 Å². The molecular weight excluding hydrogens is 188 g/mol. The standard InChI is InChI=1S/C12H20N2O/c1-4-14(5-2)12(15)9-8-11-7-6-10-13(11)3/h6-7,10H,4-5,8-9H2,1-3H3. The van der Waals surface area contributed by atoms with Gasteiger partial charge in [-0.05, 0) is 32.4 Å². The van der Waals surface area contributed by atoms with Gasteiger partial charge < -0.3 is 9.47 Å². The summed E-state index contributed by atoms with van der Waals surface area (Å²) >= 11 is 0. The topological polar surface area (TPSA) is 25.2 Å². The molecular formula is C12H20N2O. The maximum absolute atomic E-state index is 11.7. The predicted octanol–water partition coefficient (Wildman–Crippen LogP) is 1.83. The summed E-state index contributed by atoms with van der Waals surface area (Å²) in [7, 11) is 2.01. The largest absolute Gasteiger partial charge is 0.354 e. The molecule has 0 fully saturated rings. The van der Waals surface area contributed by atoms with Crippen molar-refractivity contribution in [1.82, 2.24) is 9.47 Å². The number of rotatable bonds is 5. The Bertz CT molecular complexity index is 313. The van der Waals surface area contributed by atoms with Crippen LogP contribution in [0.4, 0.5) is 0 Å². The van der Waals surface area contributed by atoms with Gasteiger partial charge in [-0.15, -0.1) is 0 Å². The molecule has 15 heavy (non-hydrogen) atoms. The maximum atomic E-state index is 11.7. The Morgan fingerprint density at radius 3 is 2.53 bits per heavy atom. The van der Waals surface area contributed by atoms with Crippen LogP contribution in [-0.4, -0.2) is 28.5 Å². The lowest BCUT2D eigenvalue weighted by atomic mass is 10.2. The van der Waals surface area contributed by atoms with Gasteiger partial charge in [-0.25, -0.2) is 0 Å². The number of aryl methyl sites for hydroxylation is 2. The highest BCUT2D eigenvalue weighted by molar-refractivity contribution is 5.76. The highest BCUT2D eigenvalue weighted by Gasteiger charge is 2.09. The van der Waals surface area contributed by atoms with Crippen molar-refractivity contribution in [3.8, 4) is 0 Å². The fourth-order valence-corrected chi connectivity index (χ4v) is 1.73. The smallest absolute Gasteiger partial charge is 0.222 e. The van der Waals surface area contributed by atoms with Crippen molar-refractivity contribution in [1.29, 1.82) is 0 Å². The minimum absolute atomic E-state index is 0.251. The van der Waals surface area contributed by atoms with Crippen LogP contribution in [0.3, 0.4) is 0 Å². The molecule has 1 aromatic heterocycles. The van der Waals surface area contributed by atoms with Crippen molar-refractivity contribution in [2.24, 2.45) is 7.05 Å². The lowest BCUT2D eigenvalue weighted by molar-refractivity contribution is -0.130. The van der Waals surface area contributed by atoms with Crippen LogP contribution in [0.25, 0.3) is 0 Å². The molecule has 84 valence electrons. The molecule has 3 nitrogen and oxygen atoms in total. The molecule has 1 rings (SSSR count). The van der Waals surface area contributed by atoms with E-state index in [9.17, 15) is 4.79 Å². The Morgan fingerprint density at radius 2 is 2.07 bits per heavy atom. The van der Waals surface area contributed by atoms with Crippen molar-refractivity contribution in [3.63, 3.8) is 0 Å². The fourth-order valence-electron chi connectivity index (χ4n) is 1.73. The van der Waals surface area contributed by atoms with Crippen LogP contribution in [0.1, 0.15) is 26.0 Å². The average molecular weight is 208 g/mol. The first-order valence-corrected chi connectivity index (χ1v) is 5.57. The van der Waals surface area contributed by atoms with Crippen molar-refractivity contribution in [2.75, 3.05) is 13.1 Å². The molecule has 1 heterocycles. The molecule has 0 saturated heterocycles. The molecule has 0 unspecified atom stereocenters. The summed E-state index contributed by atoms with van der Waals surface area (Å²) in [4.78, 5) is 13.6. The van der Waals surface area contributed by atoms with Gasteiger partial charge >= 0.3 is 0 Å². The number of carbonyl (C=O) groups is 1. The summed E-state index contributed by atoms with van der Waals surface area (Å²) in [5.41, 5.74) is 1.22. The molecule has 1 aromatic rings. The molecule has 0 atom stereocenters. The molecule has 0 N–H and O–H groups in total. The molecule has 0 aliphatic carbocycles. The van der Waals surface area contributed by atoms with E-state index >= 15 is 0 Å². The van der Waals surface area contributed by atoms with E-state index in [1.54, 1.807) is 0 Å². The van der Waals surface area contributed by atoms with Gasteiger partial charge in [-0.2, -0.15) is 0 Å². The lowest BCUT2D eigenvalue weighted by Gasteiger charge is -2.18. The van der Waals surface area contributed by atoms with Crippen LogP contribution in [0.15, 0.2) is 18.3 Å². The molecule has 3 heteroatoms. The Hall–Kier alpha value is -1.25. The quantitative estimate of drug-likeness (QED) is 0.724. The highest BCUT2D eigenvalue weighted by Crippen LogP contribution is 2.05. The summed E-state index contributed by atoms with van der Waals surface area (Å²) in [5.74, 6) is 0.251. The van der Waals surface area contributed by atoms with Gasteiger partial charge in [0, 0.05) is 38.4 Å². The number of hydrogen-bond acceptors (Lipinski definition) is 1. The number of amides is 1. The van der Waals surface area contributed by atoms with E-state index in [1.807, 2.05) is 38.1 Å². The summed E-state index contributed by atoms with van der Waals surface area (Å²) in [5, 5.41) is 0. The van der Waals surface area contributed by atoms with Gasteiger partial charge in [0.25, 0.3) is 0 Å². The zero-order valence-corrected chi connectivity index (χ0v) is 9.86. The van der Waals surface area contributed by atoms with E-state index in [2.05, 4.69) is 10.6 Å². The SMILES string of the molecule is CCN(CC)C(=O)CCc1cccn1C. The van der Waals surface area contributed by atoms with E-state index in [0.717, 1.165) is 19.5 Å². The zero-order chi connectivity index (χ0) is 11.3. The van der Waals surface area contributed by atoms with Gasteiger partial charge in [0.2, 0.25) is 5.91 Å². The predicted molar refractivity (Wildman–Crippen MR) is 61.7 cm³/mol. The summed E-state index contributed by atoms with van der Waals surface area (Å²) in [6, 6.07) is 4.08. The number of carbonyl (C=O) groups excluding carboxylic acids is 1. The molecule has 0 saturated carbocycles. The van der Waals surface area contributed by atoms with Crippen molar-refractivity contribution >= 4 is 5.91 Å². The van der Waals surface area contributed by atoms with Gasteiger partial charge in [0.05, 0.1) is 0 Å². The van der Waals surface area contributed by atoms with Crippen molar-refractivity contribution in [2.45, 2.75) is 26.7 Å². The first kappa shape index (κ1) is 11.8. The van der Waals surface area contributed by atoms with Crippen molar-refractivity contribution < 1.29 is 4.79 Å². The number of hydrogen-bond donors (Lipinski definition) is 0. The second kappa shape index (κ2) is 5.59. The van der Waals surface area contributed by atoms with Crippen LogP contribution < -0.4 is 0 Å². The normalized spacial score (nSPS) is 10.3. The van der Waals surface area contributed by atoms with E-state index in [4.69, 9.17) is 0 Å². The fraction of sp³-hybridized carbons (Fsp3) is 0.583. The zero-order valence-electron chi connectivity index (χ0n) is 9.86. The van der Waals surface area contributed by atoms with Crippen LogP contribution in [-0.2, 0) is 18.3 Å². The monoisotopic (exact) mass is 208 g/mol. The number of nitrogens with zero attached hydrogens (tertiary/aromatic N) is 2. The van der Waals surface area contributed by atoms with E-state index in [1.165, 1.54) is 5.69 Å². The third-order valence-corrected chi connectivity index (χ3v) is 2.76. The maximum Gasteiger partial charge on any atom is 0.222 e. The van der Waals surface area contributed by atoms with Gasteiger partial charge in [0.15, 0.2) is 0 Å². The third kappa shape index (κ3) is 3.11. The first-order chi connectivity index (χ1) is 7.19. The lowest BCUT2D eigenvalue weighted by Crippen LogP contribution is -2.30.